The molecule has 0 aliphatic rings. The summed E-state index contributed by atoms with van der Waals surface area (Å²) in [7, 11) is 3.64. The Morgan fingerprint density at radius 1 is 1.00 bits per heavy atom. The van der Waals surface area contributed by atoms with E-state index >= 15 is 0 Å². The van der Waals surface area contributed by atoms with Crippen LogP contribution in [0.4, 0.5) is 0 Å². The van der Waals surface area contributed by atoms with E-state index in [1.807, 2.05) is 63.4 Å². The molecule has 3 heteroatoms. The highest BCUT2D eigenvalue weighted by Gasteiger charge is 2.14. The fraction of sp³-hybridized carbons (Fsp3) is 0.316. The van der Waals surface area contributed by atoms with E-state index in [0.717, 1.165) is 17.5 Å². The molecule has 0 spiro atoms. The molecule has 2 aromatic carbocycles. The molecule has 118 valence electrons. The smallest absolute Gasteiger partial charge is 0.254 e. The van der Waals surface area contributed by atoms with Gasteiger partial charge in [-0.05, 0) is 30.7 Å². The number of carbonyl (C=O) groups excluding carboxylic acids is 1. The molecule has 2 rings (SSSR count). The van der Waals surface area contributed by atoms with Crippen LogP contribution in [-0.2, 0) is 6.42 Å². The van der Waals surface area contributed by atoms with Crippen molar-refractivity contribution in [3.63, 3.8) is 0 Å². The van der Waals surface area contributed by atoms with Crippen LogP contribution >= 0.6 is 0 Å². The first-order valence-corrected chi connectivity index (χ1v) is 7.74. The lowest BCUT2D eigenvalue weighted by molar-refractivity contribution is 0.0786. The molecule has 0 saturated carbocycles. The topological polar surface area (TPSA) is 32.3 Å². The lowest BCUT2D eigenvalue weighted by atomic mass is 9.99. The fourth-order valence-electron chi connectivity index (χ4n) is 2.21. The summed E-state index contributed by atoms with van der Waals surface area (Å²) >= 11 is 0. The normalized spacial score (nSPS) is 9.64. The third-order valence-corrected chi connectivity index (χ3v) is 3.23. The maximum Gasteiger partial charge on any atom is 0.254 e. The van der Waals surface area contributed by atoms with Gasteiger partial charge in [0.2, 0.25) is 0 Å². The van der Waals surface area contributed by atoms with Crippen LogP contribution in [0.5, 0.6) is 0 Å². The Labute approximate surface area is 134 Å². The van der Waals surface area contributed by atoms with Gasteiger partial charge in [0.25, 0.3) is 5.91 Å². The first kappa shape index (κ1) is 17.9. The van der Waals surface area contributed by atoms with Crippen LogP contribution in [0.15, 0.2) is 54.6 Å². The van der Waals surface area contributed by atoms with Crippen molar-refractivity contribution in [3.8, 4) is 0 Å². The summed E-state index contributed by atoms with van der Waals surface area (Å²) in [5, 5.41) is 2.99. The minimum absolute atomic E-state index is 0.0471. The molecule has 0 aliphatic heterocycles. The van der Waals surface area contributed by atoms with E-state index in [1.54, 1.807) is 11.9 Å². The third-order valence-electron chi connectivity index (χ3n) is 3.23. The van der Waals surface area contributed by atoms with Crippen molar-refractivity contribution in [2.24, 2.45) is 0 Å². The molecule has 1 N–H and O–H groups in total. The van der Waals surface area contributed by atoms with Gasteiger partial charge in [-0.25, -0.2) is 0 Å². The van der Waals surface area contributed by atoms with Crippen molar-refractivity contribution >= 4 is 5.91 Å². The molecular weight excluding hydrogens is 272 g/mol. The number of rotatable bonds is 5. The van der Waals surface area contributed by atoms with E-state index in [4.69, 9.17) is 0 Å². The van der Waals surface area contributed by atoms with Crippen molar-refractivity contribution in [2.75, 3.05) is 20.8 Å². The molecule has 22 heavy (non-hydrogen) atoms. The maximum atomic E-state index is 12.4. The van der Waals surface area contributed by atoms with Gasteiger partial charge < -0.3 is 10.2 Å². The number of nitrogens with one attached hydrogen (secondary N) is 1. The predicted molar refractivity (Wildman–Crippen MR) is 93.1 cm³/mol. The van der Waals surface area contributed by atoms with Crippen LogP contribution in [0.1, 0.15) is 35.3 Å². The van der Waals surface area contributed by atoms with Gasteiger partial charge in [0, 0.05) is 12.6 Å². The molecule has 3 nitrogen and oxygen atoms in total. The molecule has 0 atom stereocenters. The second-order valence-electron chi connectivity index (χ2n) is 4.83. The highest BCUT2D eigenvalue weighted by molar-refractivity contribution is 5.95. The summed E-state index contributed by atoms with van der Waals surface area (Å²) < 4.78 is 0. The van der Waals surface area contributed by atoms with Crippen LogP contribution < -0.4 is 5.32 Å². The zero-order valence-corrected chi connectivity index (χ0v) is 14.0. The number of benzene rings is 2. The standard InChI is InChI=1S/C17H20N2O.C2H6/c1-18-13-19(2)17(20)16-11-7-6-10-15(16)12-14-8-4-3-5-9-14;1-2/h3-11,18H,12-13H2,1-2H3;1-2H3. The van der Waals surface area contributed by atoms with Gasteiger partial charge in [-0.15, -0.1) is 0 Å². The van der Waals surface area contributed by atoms with Crippen LogP contribution in [-0.4, -0.2) is 31.6 Å². The van der Waals surface area contributed by atoms with Gasteiger partial charge in [0.1, 0.15) is 0 Å². The fourth-order valence-corrected chi connectivity index (χ4v) is 2.21. The van der Waals surface area contributed by atoms with E-state index in [-0.39, 0.29) is 5.91 Å². The average molecular weight is 298 g/mol. The van der Waals surface area contributed by atoms with Crippen LogP contribution in [0.2, 0.25) is 0 Å². The highest BCUT2D eigenvalue weighted by Crippen LogP contribution is 2.15. The van der Waals surface area contributed by atoms with Crippen molar-refractivity contribution in [1.29, 1.82) is 0 Å². The van der Waals surface area contributed by atoms with Gasteiger partial charge in [-0.2, -0.15) is 0 Å². The minimum atomic E-state index is 0.0471. The zero-order chi connectivity index (χ0) is 16.4. The summed E-state index contributed by atoms with van der Waals surface area (Å²) in [5.74, 6) is 0.0471. The molecule has 2 aromatic rings. The lowest BCUT2D eigenvalue weighted by Crippen LogP contribution is -2.34. The van der Waals surface area contributed by atoms with Gasteiger partial charge in [-0.3, -0.25) is 4.79 Å². The number of amides is 1. The van der Waals surface area contributed by atoms with Crippen molar-refractivity contribution in [3.05, 3.63) is 71.3 Å². The quantitative estimate of drug-likeness (QED) is 0.856. The molecule has 0 radical (unpaired) electrons. The summed E-state index contributed by atoms with van der Waals surface area (Å²) in [5.41, 5.74) is 3.05. The van der Waals surface area contributed by atoms with Gasteiger partial charge >= 0.3 is 0 Å². The molecular formula is C19H26N2O. The molecule has 0 bridgehead atoms. The van der Waals surface area contributed by atoms with E-state index in [9.17, 15) is 4.79 Å². The monoisotopic (exact) mass is 298 g/mol. The molecule has 0 fully saturated rings. The average Bonchev–Trinajstić information content (AvgIpc) is 2.58. The Bertz CT molecular complexity index is 567. The number of carbonyl (C=O) groups is 1. The van der Waals surface area contributed by atoms with Crippen LogP contribution in [0.3, 0.4) is 0 Å². The van der Waals surface area contributed by atoms with Crippen molar-refractivity contribution in [2.45, 2.75) is 20.3 Å². The van der Waals surface area contributed by atoms with Gasteiger partial charge in [-0.1, -0.05) is 62.4 Å². The third kappa shape index (κ3) is 5.01. The minimum Gasteiger partial charge on any atom is -0.329 e. The highest BCUT2D eigenvalue weighted by atomic mass is 16.2. The zero-order valence-electron chi connectivity index (χ0n) is 14.0. The number of nitrogens with zero attached hydrogens (tertiary/aromatic N) is 1. The van der Waals surface area contributed by atoms with Crippen molar-refractivity contribution in [1.82, 2.24) is 10.2 Å². The van der Waals surface area contributed by atoms with Gasteiger partial charge in [0.05, 0.1) is 6.67 Å². The number of hydrogen-bond acceptors (Lipinski definition) is 2. The molecule has 0 saturated heterocycles. The predicted octanol–water partition coefficient (Wildman–Crippen LogP) is 3.55. The van der Waals surface area contributed by atoms with Crippen LogP contribution in [0, 0.1) is 0 Å². The Balaban J connectivity index is 0.00000116. The Hall–Kier alpha value is -2.13. The summed E-state index contributed by atoms with van der Waals surface area (Å²) in [6, 6.07) is 18.0. The Morgan fingerprint density at radius 2 is 1.59 bits per heavy atom. The summed E-state index contributed by atoms with van der Waals surface area (Å²) in [6.07, 6.45) is 0.774. The molecule has 0 unspecified atom stereocenters. The van der Waals surface area contributed by atoms with E-state index in [1.165, 1.54) is 5.56 Å². The maximum absolute atomic E-state index is 12.4. The second kappa shape index (κ2) is 9.74. The molecule has 0 aromatic heterocycles. The first-order chi connectivity index (χ1) is 10.7. The SMILES string of the molecule is CC.CNCN(C)C(=O)c1ccccc1Cc1ccccc1. The Kier molecular flexibility index (Phi) is 7.94. The molecule has 0 aliphatic carbocycles. The van der Waals surface area contributed by atoms with E-state index in [0.29, 0.717) is 6.67 Å². The summed E-state index contributed by atoms with van der Waals surface area (Å²) in [6.45, 7) is 4.54. The molecule has 1 amide bonds. The second-order valence-corrected chi connectivity index (χ2v) is 4.83. The van der Waals surface area contributed by atoms with Crippen LogP contribution in [0.25, 0.3) is 0 Å². The summed E-state index contributed by atoms with van der Waals surface area (Å²) in [4.78, 5) is 14.1. The first-order valence-electron chi connectivity index (χ1n) is 7.74. The number of hydrogen-bond donors (Lipinski definition) is 1. The lowest BCUT2D eigenvalue weighted by Gasteiger charge is -2.18. The molecule has 0 heterocycles. The largest absolute Gasteiger partial charge is 0.329 e. The van der Waals surface area contributed by atoms with E-state index in [2.05, 4.69) is 17.4 Å². The van der Waals surface area contributed by atoms with Gasteiger partial charge in [0.15, 0.2) is 0 Å². The van der Waals surface area contributed by atoms with E-state index < -0.39 is 0 Å². The Morgan fingerprint density at radius 3 is 2.23 bits per heavy atom. The van der Waals surface area contributed by atoms with Crippen molar-refractivity contribution < 1.29 is 4.79 Å².